The second-order valence-corrected chi connectivity index (χ2v) is 5.00. The Hall–Kier alpha value is -0.610. The first-order valence-corrected chi connectivity index (χ1v) is 5.59. The number of carbonyl (C=O) groups is 1. The Morgan fingerprint density at radius 1 is 1.60 bits per heavy atom. The number of nitrogens with one attached hydrogen (secondary N) is 1. The molecule has 2 N–H and O–H groups in total. The maximum Gasteiger partial charge on any atom is 0.224 e. The first-order valence-electron chi connectivity index (χ1n) is 5.59. The van der Waals surface area contributed by atoms with Crippen LogP contribution in [0.25, 0.3) is 0 Å². The van der Waals surface area contributed by atoms with Crippen LogP contribution in [0.1, 0.15) is 26.7 Å². The van der Waals surface area contributed by atoms with Gasteiger partial charge in [0.25, 0.3) is 0 Å². The fraction of sp³-hybridized carbons (Fsp3) is 0.909. The number of nitrogens with zero attached hydrogens (tertiary/aromatic N) is 1. The van der Waals surface area contributed by atoms with E-state index in [0.29, 0.717) is 6.54 Å². The standard InChI is InChI=1S/C11H22N2O2/c1-11(2,15)8-13-6-4-5-9(7-13)10(14)12-3/h9,15H,4-8H2,1-3H3,(H,12,14). The van der Waals surface area contributed by atoms with Crippen molar-refractivity contribution in [1.29, 1.82) is 0 Å². The molecule has 0 aromatic rings. The Bertz CT molecular complexity index is 223. The monoisotopic (exact) mass is 214 g/mol. The summed E-state index contributed by atoms with van der Waals surface area (Å²) in [6.45, 7) is 5.99. The van der Waals surface area contributed by atoms with Crippen molar-refractivity contribution < 1.29 is 9.90 Å². The number of aliphatic hydroxyl groups is 1. The molecule has 15 heavy (non-hydrogen) atoms. The number of likely N-dealkylation sites (tertiary alicyclic amines) is 1. The van der Waals surface area contributed by atoms with Crippen LogP contribution in [-0.2, 0) is 4.79 Å². The lowest BCUT2D eigenvalue weighted by Gasteiger charge is -2.35. The van der Waals surface area contributed by atoms with Crippen LogP contribution in [0, 0.1) is 5.92 Å². The summed E-state index contributed by atoms with van der Waals surface area (Å²) in [6, 6.07) is 0. The molecule has 0 aliphatic carbocycles. The van der Waals surface area contributed by atoms with Crippen molar-refractivity contribution in [3.8, 4) is 0 Å². The Balaban J connectivity index is 2.46. The molecule has 0 bridgehead atoms. The third-order valence-corrected chi connectivity index (χ3v) is 2.73. The van der Waals surface area contributed by atoms with Gasteiger partial charge in [0, 0.05) is 20.1 Å². The molecule has 1 amide bonds. The van der Waals surface area contributed by atoms with Crippen LogP contribution in [0.3, 0.4) is 0 Å². The minimum Gasteiger partial charge on any atom is -0.389 e. The molecule has 88 valence electrons. The van der Waals surface area contributed by atoms with E-state index in [-0.39, 0.29) is 11.8 Å². The van der Waals surface area contributed by atoms with Crippen LogP contribution >= 0.6 is 0 Å². The van der Waals surface area contributed by atoms with E-state index in [2.05, 4.69) is 10.2 Å². The Morgan fingerprint density at radius 3 is 2.80 bits per heavy atom. The lowest BCUT2D eigenvalue weighted by Crippen LogP contribution is -2.47. The van der Waals surface area contributed by atoms with Crippen molar-refractivity contribution in [2.24, 2.45) is 5.92 Å². The largest absolute Gasteiger partial charge is 0.389 e. The van der Waals surface area contributed by atoms with Crippen LogP contribution < -0.4 is 5.32 Å². The van der Waals surface area contributed by atoms with Gasteiger partial charge in [-0.05, 0) is 33.2 Å². The SMILES string of the molecule is CNC(=O)C1CCCN(CC(C)(C)O)C1. The Labute approximate surface area is 91.6 Å². The van der Waals surface area contributed by atoms with Gasteiger partial charge in [0.1, 0.15) is 0 Å². The third kappa shape index (κ3) is 4.18. The fourth-order valence-corrected chi connectivity index (χ4v) is 2.16. The minimum absolute atomic E-state index is 0.0890. The highest BCUT2D eigenvalue weighted by Crippen LogP contribution is 2.18. The Morgan fingerprint density at radius 2 is 2.27 bits per heavy atom. The Kier molecular flexibility index (Phi) is 4.11. The van der Waals surface area contributed by atoms with E-state index >= 15 is 0 Å². The summed E-state index contributed by atoms with van der Waals surface area (Å²) in [5.74, 6) is 0.210. The molecule has 1 rings (SSSR count). The van der Waals surface area contributed by atoms with Crippen LogP contribution in [0.15, 0.2) is 0 Å². The average molecular weight is 214 g/mol. The molecule has 1 aliphatic heterocycles. The molecule has 1 unspecified atom stereocenters. The number of β-amino-alcohol motifs (C(OH)–C–C–N with tert-alkyl or cyclic N) is 1. The summed E-state index contributed by atoms with van der Waals surface area (Å²) >= 11 is 0. The summed E-state index contributed by atoms with van der Waals surface area (Å²) in [6.07, 6.45) is 2.00. The van der Waals surface area contributed by atoms with E-state index in [1.54, 1.807) is 20.9 Å². The molecule has 1 fully saturated rings. The van der Waals surface area contributed by atoms with E-state index in [1.807, 2.05) is 0 Å². The lowest BCUT2D eigenvalue weighted by molar-refractivity contribution is -0.126. The molecule has 4 heteroatoms. The van der Waals surface area contributed by atoms with Gasteiger partial charge in [-0.1, -0.05) is 0 Å². The van der Waals surface area contributed by atoms with Gasteiger partial charge < -0.3 is 10.4 Å². The predicted molar refractivity (Wildman–Crippen MR) is 59.5 cm³/mol. The fourth-order valence-electron chi connectivity index (χ4n) is 2.16. The van der Waals surface area contributed by atoms with Crippen molar-refractivity contribution in [1.82, 2.24) is 10.2 Å². The van der Waals surface area contributed by atoms with Gasteiger partial charge in [0.15, 0.2) is 0 Å². The molecule has 0 aromatic carbocycles. The summed E-state index contributed by atoms with van der Waals surface area (Å²) < 4.78 is 0. The third-order valence-electron chi connectivity index (χ3n) is 2.73. The number of hydrogen-bond donors (Lipinski definition) is 2. The summed E-state index contributed by atoms with van der Waals surface area (Å²) in [7, 11) is 1.68. The van der Waals surface area contributed by atoms with Gasteiger partial charge in [-0.25, -0.2) is 0 Å². The van der Waals surface area contributed by atoms with Gasteiger partial charge in [0.2, 0.25) is 5.91 Å². The topological polar surface area (TPSA) is 52.6 Å². The zero-order chi connectivity index (χ0) is 11.5. The number of carbonyl (C=O) groups excluding carboxylic acids is 1. The molecule has 1 saturated heterocycles. The van der Waals surface area contributed by atoms with Crippen molar-refractivity contribution >= 4 is 5.91 Å². The summed E-state index contributed by atoms with van der Waals surface area (Å²) in [4.78, 5) is 13.6. The van der Waals surface area contributed by atoms with Crippen molar-refractivity contribution in [2.75, 3.05) is 26.7 Å². The van der Waals surface area contributed by atoms with Gasteiger partial charge in [-0.3, -0.25) is 9.69 Å². The minimum atomic E-state index is -0.676. The van der Waals surface area contributed by atoms with E-state index in [9.17, 15) is 9.90 Å². The first-order chi connectivity index (χ1) is 6.92. The van der Waals surface area contributed by atoms with E-state index in [4.69, 9.17) is 0 Å². The second kappa shape index (κ2) is 4.94. The zero-order valence-electron chi connectivity index (χ0n) is 9.92. The van der Waals surface area contributed by atoms with Crippen molar-refractivity contribution in [2.45, 2.75) is 32.3 Å². The van der Waals surface area contributed by atoms with E-state index in [0.717, 1.165) is 25.9 Å². The molecular formula is C11H22N2O2. The molecule has 0 aromatic heterocycles. The normalized spacial score (nSPS) is 23.9. The van der Waals surface area contributed by atoms with Crippen LogP contribution in [0.5, 0.6) is 0 Å². The first kappa shape index (κ1) is 12.5. The van der Waals surface area contributed by atoms with E-state index in [1.165, 1.54) is 0 Å². The van der Waals surface area contributed by atoms with Gasteiger partial charge in [0.05, 0.1) is 11.5 Å². The van der Waals surface area contributed by atoms with Crippen LogP contribution in [0.4, 0.5) is 0 Å². The van der Waals surface area contributed by atoms with Gasteiger partial charge in [-0.2, -0.15) is 0 Å². The maximum absolute atomic E-state index is 11.5. The predicted octanol–water partition coefficient (Wildman–Crippen LogP) is 0.215. The molecule has 1 aliphatic rings. The molecular weight excluding hydrogens is 192 g/mol. The molecule has 0 spiro atoms. The highest BCUT2D eigenvalue weighted by Gasteiger charge is 2.27. The highest BCUT2D eigenvalue weighted by atomic mass is 16.3. The second-order valence-electron chi connectivity index (χ2n) is 5.00. The van der Waals surface area contributed by atoms with Crippen LogP contribution in [-0.4, -0.2) is 48.2 Å². The van der Waals surface area contributed by atoms with Gasteiger partial charge >= 0.3 is 0 Å². The summed E-state index contributed by atoms with van der Waals surface area (Å²) in [5.41, 5.74) is -0.676. The summed E-state index contributed by atoms with van der Waals surface area (Å²) in [5, 5.41) is 12.4. The quantitative estimate of drug-likeness (QED) is 0.706. The number of piperidine rings is 1. The highest BCUT2D eigenvalue weighted by molar-refractivity contribution is 5.78. The maximum atomic E-state index is 11.5. The molecule has 0 saturated carbocycles. The average Bonchev–Trinajstić information content (AvgIpc) is 2.14. The lowest BCUT2D eigenvalue weighted by atomic mass is 9.96. The van der Waals surface area contributed by atoms with E-state index < -0.39 is 5.60 Å². The number of rotatable bonds is 3. The molecule has 4 nitrogen and oxygen atoms in total. The molecule has 1 atom stereocenters. The molecule has 1 heterocycles. The van der Waals surface area contributed by atoms with Crippen molar-refractivity contribution in [3.05, 3.63) is 0 Å². The number of hydrogen-bond acceptors (Lipinski definition) is 3. The molecule has 0 radical (unpaired) electrons. The van der Waals surface area contributed by atoms with Crippen molar-refractivity contribution in [3.63, 3.8) is 0 Å². The van der Waals surface area contributed by atoms with Crippen LogP contribution in [0.2, 0.25) is 0 Å². The zero-order valence-corrected chi connectivity index (χ0v) is 9.92. The number of amides is 1. The van der Waals surface area contributed by atoms with Gasteiger partial charge in [-0.15, -0.1) is 0 Å². The smallest absolute Gasteiger partial charge is 0.224 e.